The number of nitrogen functional groups attached to an aromatic ring is 6. The second kappa shape index (κ2) is 35.3. The van der Waals surface area contributed by atoms with E-state index in [1.165, 1.54) is 69.7 Å². The van der Waals surface area contributed by atoms with Gasteiger partial charge in [0.25, 0.3) is 16.7 Å². The van der Waals surface area contributed by atoms with Crippen LogP contribution in [-0.4, -0.2) is 275 Å². The number of alkyl halides is 2. The van der Waals surface area contributed by atoms with E-state index in [1.807, 2.05) is 0 Å². The van der Waals surface area contributed by atoms with E-state index in [9.17, 15) is 43.4 Å². The quantitative estimate of drug-likeness (QED) is 0.0798. The highest BCUT2D eigenvalue weighted by Gasteiger charge is 2.66. The lowest BCUT2D eigenvalue weighted by atomic mass is 10.0. The lowest BCUT2D eigenvalue weighted by Crippen LogP contribution is -2.45. The maximum Gasteiger partial charge on any atom is 0.386 e. The molecule has 27 atom stereocenters. The van der Waals surface area contributed by atoms with Gasteiger partial charge in [0, 0.05) is 37.9 Å². The molecule has 22 rings (SSSR count). The van der Waals surface area contributed by atoms with Crippen molar-refractivity contribution in [2.75, 3.05) is 80.7 Å². The summed E-state index contributed by atoms with van der Waals surface area (Å²) in [5.74, 6) is -0.467. The Morgan fingerprint density at radius 2 is 0.774 bits per heavy atom. The van der Waals surface area contributed by atoms with Crippen molar-refractivity contribution in [1.82, 2.24) is 113 Å². The van der Waals surface area contributed by atoms with Gasteiger partial charge in [0.05, 0.1) is 107 Å². The van der Waals surface area contributed by atoms with Gasteiger partial charge in [0.2, 0.25) is 17.8 Å². The van der Waals surface area contributed by atoms with Gasteiger partial charge in [-0.2, -0.15) is 24.3 Å². The zero-order valence-corrected chi connectivity index (χ0v) is 77.2. The predicted molar refractivity (Wildman–Crippen MR) is 469 cm³/mol. The number of H-pyrrole nitrogens is 3. The molecule has 10 aliphatic heterocycles. The molecule has 133 heavy (non-hydrogen) atoms. The van der Waals surface area contributed by atoms with Crippen molar-refractivity contribution < 1.29 is 125 Å². The topological polar surface area (TPSA) is 758 Å². The Balaban J connectivity index is 0.000000124. The first-order chi connectivity index (χ1) is 63.2. The van der Waals surface area contributed by atoms with Crippen LogP contribution in [0, 0.1) is 0 Å². The number of halogens is 2. The molecule has 0 spiro atoms. The van der Waals surface area contributed by atoms with Gasteiger partial charge in [-0.05, 0) is 77.2 Å². The number of ether oxygens (including phenoxy) is 7. The van der Waals surface area contributed by atoms with Crippen LogP contribution in [-0.2, 0) is 151 Å². The molecule has 8 bridgehead atoms. The van der Waals surface area contributed by atoms with Crippen LogP contribution in [0.25, 0.3) is 67.0 Å². The summed E-state index contributed by atoms with van der Waals surface area (Å²) in [6.45, 7) is -27.0. The maximum atomic E-state index is 16.0. The van der Waals surface area contributed by atoms with E-state index in [0.717, 1.165) is 9.36 Å². The lowest BCUT2D eigenvalue weighted by Gasteiger charge is -2.33. The fourth-order valence-corrected chi connectivity index (χ4v) is 25.3. The molecule has 0 amide bonds. The summed E-state index contributed by atoms with van der Waals surface area (Å²) < 4.78 is 165. The Morgan fingerprint density at radius 1 is 0.414 bits per heavy atom. The van der Waals surface area contributed by atoms with Crippen molar-refractivity contribution in [2.45, 2.75) is 148 Å². The molecule has 12 aromatic heterocycles. The number of nitrogens with two attached hydrogens (primary N) is 6. The fourth-order valence-electron chi connectivity index (χ4n) is 16.5. The van der Waals surface area contributed by atoms with Gasteiger partial charge in [-0.15, -0.1) is 10.2 Å². The van der Waals surface area contributed by atoms with E-state index in [1.54, 1.807) is 10.6 Å². The summed E-state index contributed by atoms with van der Waals surface area (Å²) >= 11 is 30.6. The second-order valence-corrected chi connectivity index (χ2v) is 47.8. The summed E-state index contributed by atoms with van der Waals surface area (Å²) in [7, 11) is 0. The highest BCUT2D eigenvalue weighted by Crippen LogP contribution is 2.63. The minimum Gasteiger partial charge on any atom is -0.397 e. The molecule has 10 fully saturated rings. The SMILES string of the molecule is Nc1nc2c(ncn2[C@@H]2O[C@@H]3COP(O)(=S)O[C@H]4[C@H](F)[C@H](n5nnc6c(N)ccnc65)O[C@@H]4COP(O)(=S)O[C@H]2C3)c(=O)[nH]1.Nc1nc2c(ncn2[C@@H]2O[C@@H]3COP(O)(=S)O[C@H]4[C@H](F)[C@H](n5nnc6c(N)ccnc65)O[C@@H]4COP(O)(=S)O[C@H]2C3)c(=O)[nH]1.Nc1nc2c(ncn2[C@@H]2O[C@@H]3COP(O)(=S)O[C@H]4[C@H]5OC[C@]4(COP(=O)(S)O[C@H]2C3)O[C@H]5n2cnc3c(N)ccnc32)c(=O)[nH]1. The van der Waals surface area contributed by atoms with Crippen LogP contribution in [0.4, 0.5) is 43.7 Å². The van der Waals surface area contributed by atoms with Crippen LogP contribution in [0.2, 0.25) is 0 Å². The summed E-state index contributed by atoms with van der Waals surface area (Å²) in [5.41, 5.74) is 34.7. The minimum absolute atomic E-state index is 0.00245. The van der Waals surface area contributed by atoms with Gasteiger partial charge in [-0.25, -0.2) is 48.2 Å². The Morgan fingerprint density at radius 3 is 1.20 bits per heavy atom. The molecule has 71 heteroatoms. The number of pyridine rings is 3. The van der Waals surface area contributed by atoms with Crippen molar-refractivity contribution >= 4 is 214 Å². The Labute approximate surface area is 768 Å². The summed E-state index contributed by atoms with van der Waals surface area (Å²) in [5, 5.41) is 15.8. The van der Waals surface area contributed by atoms with Crippen molar-refractivity contribution in [1.29, 1.82) is 0 Å². The van der Waals surface area contributed by atoms with Gasteiger partial charge in [0.15, 0.2) is 111 Å². The average Bonchev–Trinajstić information content (AvgIpc) is 1.56. The van der Waals surface area contributed by atoms with Crippen LogP contribution in [0.1, 0.15) is 56.6 Å². The normalized spacial score (nSPS) is 37.3. The molecular weight excluding hydrogens is 2020 g/mol. The first kappa shape index (κ1) is 93.0. The molecule has 0 radical (unpaired) electrons. The zero-order valence-electron chi connectivity index (χ0n) is 66.9. The van der Waals surface area contributed by atoms with Gasteiger partial charge >= 0.3 is 40.4 Å². The third-order valence-corrected chi connectivity index (χ3v) is 31.7. The second-order valence-electron chi connectivity index (χ2n) is 30.9. The fraction of sp³-hybridized carbons (Fsp3) is 0.500. The third kappa shape index (κ3) is 18.1. The first-order valence-electron chi connectivity index (χ1n) is 39.1. The number of aromatic amines is 3. The maximum absolute atomic E-state index is 16.0. The van der Waals surface area contributed by atoms with Gasteiger partial charge in [0.1, 0.15) is 66.1 Å². The minimum atomic E-state index is -4.15. The molecule has 10 aliphatic rings. The number of fused-ring (bicyclic) bond motifs is 14. The number of hydrogen-bond donors (Lipinski definition) is 15. The highest BCUT2D eigenvalue weighted by atomic mass is 32.7. The Bertz CT molecular complexity index is 6850. The Hall–Kier alpha value is -7.70. The molecule has 12 aromatic rings. The lowest BCUT2D eigenvalue weighted by molar-refractivity contribution is -0.182. The van der Waals surface area contributed by atoms with Gasteiger partial charge in [-0.3, -0.25) is 70.2 Å². The van der Waals surface area contributed by atoms with E-state index in [0.29, 0.717) is 16.9 Å². The molecule has 20 N–H and O–H groups in total. The summed E-state index contributed by atoms with van der Waals surface area (Å²) in [6, 6.07) is 4.63. The highest BCUT2D eigenvalue weighted by molar-refractivity contribution is 8.44. The van der Waals surface area contributed by atoms with Crippen molar-refractivity contribution in [3.8, 4) is 0 Å². The number of rotatable bonds is 6. The standard InChI is InChI=1S/C22H25N9O10P2S2.2C20H23FN10O9P2S2/c23-10-1-2-25-16-12(10)26-7-30(16)20-14-15-22(39-20,5-35-14)6-37-43(34,45)40-11-3-9(4-36-42(33,44)41-15)38-19(11)31-8-27-13-17(31)28-21(24)29-18(13)32;2*21-11-14-10(38-19(11)31-15-12(28-29-31)8(22)1-2-24-15)5-36-41(33,43)39-9-3-7(4-35-42(34,44)40-14)37-18(9)30-6-25-13-16(30)26-20(23)27-17(13)32/h1-2,7-9,11,14-15,19-20H,3-6H2,(H2,23,25)(H,33,44)(H,34,45)(H3,24,28,29,32);2*1-2,6-7,9-11,14,18-19H,3-5H2,(H2,22,24)(H,33,43)(H,34,44)(H3,23,26,27,32)/t9-,11-,14+,15-,19+,20+,22+,42?,43?;2*7-,9-,10+,11-,14+,18+,19+,41?,42?/m000/s1. The van der Waals surface area contributed by atoms with Gasteiger partial charge < -0.3 is 124 Å². The van der Waals surface area contributed by atoms with E-state index in [-0.39, 0.29) is 131 Å². The van der Waals surface area contributed by atoms with Gasteiger partial charge in [-0.1, -0.05) is 22.7 Å². The smallest absolute Gasteiger partial charge is 0.386 e. The zero-order chi connectivity index (χ0) is 93.2. The van der Waals surface area contributed by atoms with E-state index >= 15 is 8.78 Å². The molecule has 0 saturated carbocycles. The van der Waals surface area contributed by atoms with Crippen LogP contribution in [0.15, 0.2) is 76.5 Å². The number of nitrogens with zero attached hydrogens (tertiary/aromatic N) is 20. The van der Waals surface area contributed by atoms with Crippen molar-refractivity contribution in [3.05, 3.63) is 93.2 Å². The monoisotopic (exact) mass is 2090 g/mol. The van der Waals surface area contributed by atoms with Crippen LogP contribution in [0.5, 0.6) is 0 Å². The number of hydrogen-bond acceptors (Lipinski definition) is 48. The van der Waals surface area contributed by atoms with E-state index in [2.05, 4.69) is 97.7 Å². The molecular formula is C62H71F2N29O28P6S6. The molecule has 22 heterocycles. The summed E-state index contributed by atoms with van der Waals surface area (Å²) in [4.78, 5) is 141. The Kier molecular flexibility index (Phi) is 24.7. The number of imidazole rings is 4. The van der Waals surface area contributed by atoms with Crippen molar-refractivity contribution in [2.24, 2.45) is 0 Å². The molecule has 0 aromatic carbocycles. The first-order valence-corrected chi connectivity index (χ1v) is 54.8. The number of thiol groups is 1. The van der Waals surface area contributed by atoms with Crippen LogP contribution in [0.3, 0.4) is 0 Å². The largest absolute Gasteiger partial charge is 0.397 e. The molecule has 0 aliphatic carbocycles. The molecule has 57 nitrogen and oxygen atoms in total. The van der Waals surface area contributed by atoms with E-state index in [4.69, 9.17) is 181 Å². The van der Waals surface area contributed by atoms with Crippen molar-refractivity contribution in [3.63, 3.8) is 0 Å². The summed E-state index contributed by atoms with van der Waals surface area (Å²) in [6.07, 6.45) is -13.8. The predicted octanol–water partition coefficient (Wildman–Crippen LogP) is 0.550. The number of nitrogens with one attached hydrogen (secondary N) is 3. The molecule has 712 valence electrons. The van der Waals surface area contributed by atoms with Crippen LogP contribution < -0.4 is 51.1 Å². The van der Waals surface area contributed by atoms with E-state index < -0.39 is 205 Å². The third-order valence-electron chi connectivity index (χ3n) is 22.3. The average molecular weight is 2090 g/mol. The molecule has 6 unspecified atom stereocenters. The molecule has 10 saturated heterocycles. The number of anilines is 6. The van der Waals surface area contributed by atoms with Crippen LogP contribution >= 0.6 is 52.6 Å². The number of aromatic nitrogens is 23.